The van der Waals surface area contributed by atoms with Crippen molar-refractivity contribution in [3.8, 4) is 34.0 Å². The highest BCUT2D eigenvalue weighted by Crippen LogP contribution is 2.36. The van der Waals surface area contributed by atoms with Crippen LogP contribution in [0.15, 0.2) is 78.0 Å². The minimum Gasteiger partial charge on any atom is -0.504 e. The molecule has 8 heteroatoms. The molecule has 0 spiro atoms. The average Bonchev–Trinajstić information content (AvgIpc) is 3.43. The molecule has 0 unspecified atom stereocenters. The van der Waals surface area contributed by atoms with E-state index in [0.29, 0.717) is 17.3 Å². The third-order valence-corrected chi connectivity index (χ3v) is 5.09. The molecule has 0 amide bonds. The number of fused-ring (bicyclic) bond motifs is 1. The number of nitrogens with zero attached hydrogens (tertiary/aromatic N) is 4. The topological polar surface area (TPSA) is 87.8 Å². The number of halogens is 1. The van der Waals surface area contributed by atoms with E-state index >= 15 is 0 Å². The minimum atomic E-state index is -0.303. The van der Waals surface area contributed by atoms with Gasteiger partial charge >= 0.3 is 0 Å². The summed E-state index contributed by atoms with van der Waals surface area (Å²) in [6.07, 6.45) is 5.24. The average molecular weight is 427 g/mol. The summed E-state index contributed by atoms with van der Waals surface area (Å²) in [4.78, 5) is 9.46. The molecule has 158 valence electrons. The fourth-order valence-electron chi connectivity index (χ4n) is 3.50. The highest BCUT2D eigenvalue weighted by atomic mass is 19.1. The van der Waals surface area contributed by atoms with Crippen LogP contribution in [0.4, 0.5) is 10.2 Å². The summed E-state index contributed by atoms with van der Waals surface area (Å²) in [6.45, 7) is 0. The Morgan fingerprint density at radius 2 is 1.91 bits per heavy atom. The van der Waals surface area contributed by atoms with Gasteiger partial charge in [0, 0.05) is 29.1 Å². The standard InChI is InChI=1S/C24H18FN5O2/c1-32-20-12-16(7-10-19(20)31)23-24(30-11-3-2-4-21(30)28-23)26-13-17-14-27-29-22(17)15-5-8-18(25)9-6-15/h2-14,31H,1H3,(H,27,29)/b26-13+. The maximum absolute atomic E-state index is 13.3. The SMILES string of the molecule is COc1cc(-c2nc3ccccn3c2/N=C/c2cn[nH]c2-c2ccc(F)cc2)ccc1O. The predicted molar refractivity (Wildman–Crippen MR) is 120 cm³/mol. The van der Waals surface area contributed by atoms with Crippen LogP contribution >= 0.6 is 0 Å². The number of phenolic OH excluding ortho intramolecular Hbond substituents is 1. The van der Waals surface area contributed by atoms with E-state index in [9.17, 15) is 9.50 Å². The molecule has 2 N–H and O–H groups in total. The van der Waals surface area contributed by atoms with Gasteiger partial charge < -0.3 is 9.84 Å². The van der Waals surface area contributed by atoms with Crippen LogP contribution in [0.2, 0.25) is 0 Å². The number of aromatic nitrogens is 4. The van der Waals surface area contributed by atoms with Crippen LogP contribution in [0, 0.1) is 5.82 Å². The molecule has 2 aromatic carbocycles. The number of benzene rings is 2. The number of aromatic hydroxyl groups is 1. The molecule has 0 aliphatic carbocycles. The summed E-state index contributed by atoms with van der Waals surface area (Å²) in [5.74, 6) is 0.707. The number of phenols is 1. The first-order chi connectivity index (χ1) is 15.6. The Balaban J connectivity index is 1.61. The summed E-state index contributed by atoms with van der Waals surface area (Å²) in [5.41, 5.74) is 4.39. The van der Waals surface area contributed by atoms with Gasteiger partial charge in [-0.25, -0.2) is 14.4 Å². The number of hydrogen-bond acceptors (Lipinski definition) is 5. The van der Waals surface area contributed by atoms with Gasteiger partial charge in [0.15, 0.2) is 17.3 Å². The first-order valence-corrected chi connectivity index (χ1v) is 9.82. The van der Waals surface area contributed by atoms with E-state index < -0.39 is 0 Å². The highest BCUT2D eigenvalue weighted by molar-refractivity contribution is 5.91. The molecule has 5 rings (SSSR count). The van der Waals surface area contributed by atoms with E-state index in [0.717, 1.165) is 28.0 Å². The third-order valence-electron chi connectivity index (χ3n) is 5.09. The number of rotatable bonds is 5. The lowest BCUT2D eigenvalue weighted by molar-refractivity contribution is 0.373. The van der Waals surface area contributed by atoms with Gasteiger partial charge in [0.05, 0.1) is 19.0 Å². The lowest BCUT2D eigenvalue weighted by atomic mass is 10.1. The number of aromatic amines is 1. The molecule has 7 nitrogen and oxygen atoms in total. The Morgan fingerprint density at radius 1 is 1.09 bits per heavy atom. The maximum atomic E-state index is 13.3. The van der Waals surface area contributed by atoms with Gasteiger partial charge in [-0.3, -0.25) is 9.50 Å². The smallest absolute Gasteiger partial charge is 0.165 e. The zero-order chi connectivity index (χ0) is 22.1. The van der Waals surface area contributed by atoms with E-state index in [2.05, 4.69) is 10.2 Å². The lowest BCUT2D eigenvalue weighted by Crippen LogP contribution is -1.88. The quantitative estimate of drug-likeness (QED) is 0.387. The summed E-state index contributed by atoms with van der Waals surface area (Å²) >= 11 is 0. The van der Waals surface area contributed by atoms with Crippen LogP contribution in [0.1, 0.15) is 5.56 Å². The second kappa shape index (κ2) is 7.99. The van der Waals surface area contributed by atoms with E-state index in [-0.39, 0.29) is 11.6 Å². The fourth-order valence-corrected chi connectivity index (χ4v) is 3.50. The number of aliphatic imine (C=N–C) groups is 1. The molecule has 0 bridgehead atoms. The minimum absolute atomic E-state index is 0.0485. The molecule has 3 aromatic heterocycles. The van der Waals surface area contributed by atoms with Gasteiger partial charge in [-0.1, -0.05) is 6.07 Å². The van der Waals surface area contributed by atoms with Crippen molar-refractivity contribution < 1.29 is 14.2 Å². The molecule has 0 saturated carbocycles. The van der Waals surface area contributed by atoms with Crippen molar-refractivity contribution in [1.29, 1.82) is 0 Å². The van der Waals surface area contributed by atoms with Crippen molar-refractivity contribution in [2.75, 3.05) is 7.11 Å². The van der Waals surface area contributed by atoms with Crippen LogP contribution in [-0.4, -0.2) is 38.0 Å². The highest BCUT2D eigenvalue weighted by Gasteiger charge is 2.15. The van der Waals surface area contributed by atoms with Gasteiger partial charge in [0.1, 0.15) is 17.2 Å². The van der Waals surface area contributed by atoms with Crippen LogP contribution in [0.3, 0.4) is 0 Å². The van der Waals surface area contributed by atoms with Crippen molar-refractivity contribution in [3.05, 3.63) is 84.4 Å². The van der Waals surface area contributed by atoms with E-state index in [1.54, 1.807) is 42.7 Å². The Kier molecular flexibility index (Phi) is 4.87. The zero-order valence-corrected chi connectivity index (χ0v) is 17.0. The number of ether oxygens (including phenoxy) is 1. The van der Waals surface area contributed by atoms with E-state index in [4.69, 9.17) is 14.7 Å². The number of methoxy groups -OCH3 is 1. The molecule has 0 radical (unpaired) electrons. The predicted octanol–water partition coefficient (Wildman–Crippen LogP) is 5.00. The molecule has 32 heavy (non-hydrogen) atoms. The molecule has 0 fully saturated rings. The van der Waals surface area contributed by atoms with Gasteiger partial charge in [-0.2, -0.15) is 5.10 Å². The lowest BCUT2D eigenvalue weighted by Gasteiger charge is -2.06. The van der Waals surface area contributed by atoms with Crippen LogP contribution in [-0.2, 0) is 0 Å². The molecule has 5 aromatic rings. The first-order valence-electron chi connectivity index (χ1n) is 9.82. The van der Waals surface area contributed by atoms with E-state index in [1.807, 2.05) is 28.8 Å². The van der Waals surface area contributed by atoms with Gasteiger partial charge in [0.25, 0.3) is 0 Å². The molecule has 3 heterocycles. The van der Waals surface area contributed by atoms with Crippen molar-refractivity contribution in [3.63, 3.8) is 0 Å². The molecular formula is C24H18FN5O2. The van der Waals surface area contributed by atoms with Gasteiger partial charge in [-0.05, 0) is 54.6 Å². The van der Waals surface area contributed by atoms with Gasteiger partial charge in [0.2, 0.25) is 0 Å². The number of hydrogen-bond donors (Lipinski definition) is 2. The van der Waals surface area contributed by atoms with Crippen molar-refractivity contribution in [2.24, 2.45) is 4.99 Å². The Morgan fingerprint density at radius 3 is 2.72 bits per heavy atom. The second-order valence-corrected chi connectivity index (χ2v) is 7.06. The Labute approximate surface area is 182 Å². The number of imidazole rings is 1. The molecule has 0 saturated heterocycles. The fraction of sp³-hybridized carbons (Fsp3) is 0.0417. The number of pyridine rings is 1. The largest absolute Gasteiger partial charge is 0.504 e. The van der Waals surface area contributed by atoms with Crippen molar-refractivity contribution in [1.82, 2.24) is 19.6 Å². The summed E-state index contributed by atoms with van der Waals surface area (Å²) in [5, 5.41) is 17.0. The van der Waals surface area contributed by atoms with Crippen LogP contribution < -0.4 is 4.74 Å². The third kappa shape index (κ3) is 3.47. The molecule has 0 aliphatic heterocycles. The Bertz CT molecular complexity index is 1440. The molecule has 0 atom stereocenters. The summed E-state index contributed by atoms with van der Waals surface area (Å²) in [6, 6.07) is 16.9. The summed E-state index contributed by atoms with van der Waals surface area (Å²) in [7, 11) is 1.50. The monoisotopic (exact) mass is 427 g/mol. The Hall–Kier alpha value is -4.46. The normalized spacial score (nSPS) is 11.4. The first kappa shape index (κ1) is 19.5. The van der Waals surface area contributed by atoms with E-state index in [1.165, 1.54) is 19.2 Å². The molecule has 0 aliphatic rings. The number of nitrogens with one attached hydrogen (secondary N) is 1. The second-order valence-electron chi connectivity index (χ2n) is 7.06. The zero-order valence-electron chi connectivity index (χ0n) is 17.0. The maximum Gasteiger partial charge on any atom is 0.165 e. The van der Waals surface area contributed by atoms with Crippen LogP contribution in [0.25, 0.3) is 28.2 Å². The molecular weight excluding hydrogens is 409 g/mol. The van der Waals surface area contributed by atoms with Crippen molar-refractivity contribution in [2.45, 2.75) is 0 Å². The van der Waals surface area contributed by atoms with Crippen molar-refractivity contribution >= 4 is 17.7 Å². The summed E-state index contributed by atoms with van der Waals surface area (Å²) < 4.78 is 20.4. The number of H-pyrrole nitrogens is 1. The van der Waals surface area contributed by atoms with Crippen LogP contribution in [0.5, 0.6) is 11.5 Å². The van der Waals surface area contributed by atoms with Gasteiger partial charge in [-0.15, -0.1) is 0 Å².